The number of anilines is 3. The van der Waals surface area contributed by atoms with Crippen LogP contribution in [0.3, 0.4) is 0 Å². The predicted molar refractivity (Wildman–Crippen MR) is 92.7 cm³/mol. The Morgan fingerprint density at radius 2 is 1.67 bits per heavy atom. The Morgan fingerprint density at radius 1 is 1.00 bits per heavy atom. The van der Waals surface area contributed by atoms with E-state index in [-0.39, 0.29) is 11.3 Å². The number of nitrogens with zero attached hydrogens (tertiary/aromatic N) is 2. The van der Waals surface area contributed by atoms with Crippen LogP contribution >= 0.6 is 0 Å². The predicted octanol–water partition coefficient (Wildman–Crippen LogP) is 4.21. The molecular weight excluding hydrogens is 361 g/mol. The van der Waals surface area contributed by atoms with Crippen LogP contribution in [0, 0.1) is 5.82 Å². The second-order valence-corrected chi connectivity index (χ2v) is 5.25. The number of carbonyl (C=O) groups is 1. The van der Waals surface area contributed by atoms with Crippen LogP contribution in [0.25, 0.3) is 0 Å². The molecule has 0 saturated heterocycles. The number of aromatic nitrogens is 2. The van der Waals surface area contributed by atoms with Crippen LogP contribution in [0.4, 0.5) is 30.5 Å². The van der Waals surface area contributed by atoms with Crippen LogP contribution in [0.2, 0.25) is 0 Å². The number of ether oxygens (including phenoxy) is 1. The van der Waals surface area contributed by atoms with Crippen LogP contribution < -0.4 is 15.4 Å². The molecule has 9 heteroatoms. The van der Waals surface area contributed by atoms with Crippen molar-refractivity contribution in [3.05, 3.63) is 72.3 Å². The summed E-state index contributed by atoms with van der Waals surface area (Å²) in [6, 6.07) is 11.2. The van der Waals surface area contributed by atoms with Gasteiger partial charge >= 0.3 is 6.61 Å². The Kier molecular flexibility index (Phi) is 5.50. The van der Waals surface area contributed by atoms with Crippen LogP contribution in [-0.2, 0) is 0 Å². The summed E-state index contributed by atoms with van der Waals surface area (Å²) in [5.41, 5.74) is 0.822. The van der Waals surface area contributed by atoms with Crippen LogP contribution in [0.1, 0.15) is 10.4 Å². The lowest BCUT2D eigenvalue weighted by atomic mass is 10.2. The normalized spacial score (nSPS) is 10.5. The van der Waals surface area contributed by atoms with Gasteiger partial charge in [-0.15, -0.1) is 0 Å². The minimum Gasteiger partial charge on any atom is -0.435 e. The molecule has 138 valence electrons. The molecule has 3 aromatic rings. The molecule has 6 nitrogen and oxygen atoms in total. The van der Waals surface area contributed by atoms with E-state index in [0.29, 0.717) is 17.3 Å². The number of halogens is 3. The van der Waals surface area contributed by atoms with E-state index < -0.39 is 18.3 Å². The van der Waals surface area contributed by atoms with Gasteiger partial charge in [-0.2, -0.15) is 8.78 Å². The Bertz CT molecular complexity index is 922. The van der Waals surface area contributed by atoms with Gasteiger partial charge in [0.05, 0.1) is 5.56 Å². The molecule has 1 heterocycles. The quantitative estimate of drug-likeness (QED) is 0.676. The number of benzene rings is 2. The highest BCUT2D eigenvalue weighted by molar-refractivity contribution is 6.04. The van der Waals surface area contributed by atoms with Crippen molar-refractivity contribution in [2.75, 3.05) is 10.6 Å². The Labute approximate surface area is 152 Å². The third kappa shape index (κ3) is 4.94. The van der Waals surface area contributed by atoms with Gasteiger partial charge in [0.1, 0.15) is 11.6 Å². The van der Waals surface area contributed by atoms with Gasteiger partial charge in [0.25, 0.3) is 5.91 Å². The molecule has 0 radical (unpaired) electrons. The average molecular weight is 374 g/mol. The fraction of sp³-hybridized carbons (Fsp3) is 0.0556. The molecule has 3 rings (SSSR count). The molecular formula is C18H13F3N4O2. The lowest BCUT2D eigenvalue weighted by molar-refractivity contribution is -0.0499. The highest BCUT2D eigenvalue weighted by atomic mass is 19.3. The smallest absolute Gasteiger partial charge is 0.387 e. The van der Waals surface area contributed by atoms with Gasteiger partial charge in [-0.3, -0.25) is 4.79 Å². The van der Waals surface area contributed by atoms with Crippen molar-refractivity contribution in [2.24, 2.45) is 0 Å². The topological polar surface area (TPSA) is 76.1 Å². The summed E-state index contributed by atoms with van der Waals surface area (Å²) >= 11 is 0. The maximum Gasteiger partial charge on any atom is 0.387 e. The standard InChI is InChI=1S/C18H13F3N4O2/c19-15-10-13(27-17(20)21)6-7-14(15)16(26)24-11-2-4-12(5-3-11)25-18-22-8-1-9-23-18/h1-10,17H,(H,24,26)(H,22,23,25). The molecule has 0 aliphatic rings. The van der Waals surface area contributed by atoms with Crippen LogP contribution in [0.5, 0.6) is 5.75 Å². The summed E-state index contributed by atoms with van der Waals surface area (Å²) in [6.45, 7) is -3.07. The molecule has 27 heavy (non-hydrogen) atoms. The number of carbonyl (C=O) groups excluding carboxylic acids is 1. The van der Waals surface area contributed by atoms with Crippen molar-refractivity contribution in [3.8, 4) is 5.75 Å². The summed E-state index contributed by atoms with van der Waals surface area (Å²) in [7, 11) is 0. The lowest BCUT2D eigenvalue weighted by Gasteiger charge is -2.09. The number of amides is 1. The molecule has 2 N–H and O–H groups in total. The Balaban J connectivity index is 1.65. The second-order valence-electron chi connectivity index (χ2n) is 5.25. The highest BCUT2D eigenvalue weighted by Gasteiger charge is 2.14. The van der Waals surface area contributed by atoms with E-state index in [1.165, 1.54) is 0 Å². The molecule has 0 spiro atoms. The van der Waals surface area contributed by atoms with Gasteiger partial charge in [-0.05, 0) is 42.5 Å². The first kappa shape index (κ1) is 18.2. The summed E-state index contributed by atoms with van der Waals surface area (Å²) in [5, 5.41) is 5.50. The minimum absolute atomic E-state index is 0.295. The second kappa shape index (κ2) is 8.17. The van der Waals surface area contributed by atoms with Crippen molar-refractivity contribution in [1.29, 1.82) is 0 Å². The maximum absolute atomic E-state index is 14.0. The summed E-state index contributed by atoms with van der Waals surface area (Å²) < 4.78 is 42.3. The third-order valence-electron chi connectivity index (χ3n) is 3.38. The zero-order valence-electron chi connectivity index (χ0n) is 13.7. The zero-order valence-corrected chi connectivity index (χ0v) is 13.7. The van der Waals surface area contributed by atoms with Crippen molar-refractivity contribution in [1.82, 2.24) is 9.97 Å². The maximum atomic E-state index is 14.0. The minimum atomic E-state index is -3.07. The number of rotatable bonds is 6. The monoisotopic (exact) mass is 374 g/mol. The van der Waals surface area contributed by atoms with Gasteiger partial charge in [-0.1, -0.05) is 0 Å². The summed E-state index contributed by atoms with van der Waals surface area (Å²) in [6.07, 6.45) is 3.19. The molecule has 0 aliphatic heterocycles. The number of nitrogens with one attached hydrogen (secondary N) is 2. The molecule has 2 aromatic carbocycles. The average Bonchev–Trinajstić information content (AvgIpc) is 2.64. The first-order valence-electron chi connectivity index (χ1n) is 7.71. The Morgan fingerprint density at radius 3 is 2.30 bits per heavy atom. The molecule has 0 unspecified atom stereocenters. The van der Waals surface area contributed by atoms with Crippen LogP contribution in [-0.4, -0.2) is 22.5 Å². The third-order valence-corrected chi connectivity index (χ3v) is 3.38. The van der Waals surface area contributed by atoms with E-state index in [0.717, 1.165) is 18.2 Å². The zero-order chi connectivity index (χ0) is 19.2. The first-order chi connectivity index (χ1) is 13.0. The number of hydrogen-bond acceptors (Lipinski definition) is 5. The van der Waals surface area contributed by atoms with Gasteiger partial charge in [0.15, 0.2) is 0 Å². The van der Waals surface area contributed by atoms with Crippen LogP contribution in [0.15, 0.2) is 60.9 Å². The van der Waals surface area contributed by atoms with Gasteiger partial charge < -0.3 is 15.4 Å². The van der Waals surface area contributed by atoms with Crippen molar-refractivity contribution >= 4 is 23.2 Å². The summed E-state index contributed by atoms with van der Waals surface area (Å²) in [5.74, 6) is -1.63. The van der Waals surface area contributed by atoms with E-state index in [9.17, 15) is 18.0 Å². The molecule has 1 amide bonds. The molecule has 0 saturated carbocycles. The van der Waals surface area contributed by atoms with Gasteiger partial charge in [0, 0.05) is 29.8 Å². The SMILES string of the molecule is O=C(Nc1ccc(Nc2ncccn2)cc1)c1ccc(OC(F)F)cc1F. The Hall–Kier alpha value is -3.62. The van der Waals surface area contributed by atoms with Crippen molar-refractivity contribution < 1.29 is 22.7 Å². The molecule has 0 bridgehead atoms. The number of alkyl halides is 2. The number of hydrogen-bond donors (Lipinski definition) is 2. The van der Waals surface area contributed by atoms with E-state index in [2.05, 4.69) is 25.3 Å². The highest BCUT2D eigenvalue weighted by Crippen LogP contribution is 2.21. The van der Waals surface area contributed by atoms with Crippen molar-refractivity contribution in [3.63, 3.8) is 0 Å². The molecule has 0 atom stereocenters. The molecule has 1 aromatic heterocycles. The molecule has 0 fully saturated rings. The largest absolute Gasteiger partial charge is 0.435 e. The van der Waals surface area contributed by atoms with Gasteiger partial charge in [0.2, 0.25) is 5.95 Å². The van der Waals surface area contributed by atoms with E-state index in [4.69, 9.17) is 0 Å². The van der Waals surface area contributed by atoms with Gasteiger partial charge in [-0.25, -0.2) is 14.4 Å². The summed E-state index contributed by atoms with van der Waals surface area (Å²) in [4.78, 5) is 20.2. The van der Waals surface area contributed by atoms with E-state index in [1.54, 1.807) is 42.7 Å². The van der Waals surface area contributed by atoms with Crippen molar-refractivity contribution in [2.45, 2.75) is 6.61 Å². The van der Waals surface area contributed by atoms with E-state index >= 15 is 0 Å². The molecule has 0 aliphatic carbocycles. The fourth-order valence-corrected chi connectivity index (χ4v) is 2.18. The fourth-order valence-electron chi connectivity index (χ4n) is 2.18. The van der Waals surface area contributed by atoms with E-state index in [1.807, 2.05) is 0 Å². The lowest BCUT2D eigenvalue weighted by Crippen LogP contribution is -2.14. The first-order valence-corrected chi connectivity index (χ1v) is 7.71.